The molecule has 180 valence electrons. The van der Waals surface area contributed by atoms with Crippen molar-refractivity contribution >= 4 is 41.2 Å². The van der Waals surface area contributed by atoms with Crippen LogP contribution in [-0.2, 0) is 9.59 Å². The van der Waals surface area contributed by atoms with E-state index in [4.69, 9.17) is 21.1 Å². The molecule has 1 saturated heterocycles. The molecule has 0 radical (unpaired) electrons. The van der Waals surface area contributed by atoms with Crippen LogP contribution in [0.1, 0.15) is 38.3 Å². The second-order valence-electron chi connectivity index (χ2n) is 7.90. The van der Waals surface area contributed by atoms with Gasteiger partial charge in [-0.15, -0.1) is 0 Å². The molecule has 4 amide bonds. The number of imide groups is 1. The Kier molecular flexibility index (Phi) is 8.17. The van der Waals surface area contributed by atoms with Gasteiger partial charge < -0.3 is 20.1 Å². The van der Waals surface area contributed by atoms with E-state index < -0.39 is 24.4 Å². The molecule has 0 unspecified atom stereocenters. The van der Waals surface area contributed by atoms with Gasteiger partial charge in [-0.1, -0.05) is 30.7 Å². The average Bonchev–Trinajstić information content (AvgIpc) is 3.03. The number of benzene rings is 2. The maximum absolute atomic E-state index is 12.8. The Bertz CT molecular complexity index is 1130. The van der Waals surface area contributed by atoms with Crippen molar-refractivity contribution in [3.05, 3.63) is 58.2 Å². The Hall–Kier alpha value is -3.52. The molecule has 34 heavy (non-hydrogen) atoms. The number of carbonyl (C=O) groups excluding carboxylic acids is 3. The molecule has 2 N–H and O–H groups in total. The maximum Gasteiger partial charge on any atom is 0.329 e. The van der Waals surface area contributed by atoms with E-state index in [2.05, 4.69) is 10.6 Å². The predicted molar refractivity (Wildman–Crippen MR) is 131 cm³/mol. The zero-order valence-corrected chi connectivity index (χ0v) is 20.4. The summed E-state index contributed by atoms with van der Waals surface area (Å²) in [5.41, 5.74) is 2.14. The summed E-state index contributed by atoms with van der Waals surface area (Å²) >= 11 is 6.44. The summed E-state index contributed by atoms with van der Waals surface area (Å²) < 4.78 is 11.6. The molecule has 1 heterocycles. The first-order valence-corrected chi connectivity index (χ1v) is 11.4. The SMILES string of the molecule is CCOc1cc(/C=C2/NC(=O)N(CC(=O)Nc3cccc(C)c3)C2=O)cc(Cl)c1O[C@@H](C)CC. The molecular weight excluding hydrogens is 458 g/mol. The highest BCUT2D eigenvalue weighted by Gasteiger charge is 2.35. The number of aryl methyl sites for hydroxylation is 1. The predicted octanol–water partition coefficient (Wildman–Crippen LogP) is 4.76. The summed E-state index contributed by atoms with van der Waals surface area (Å²) in [5.74, 6) is -0.230. The molecule has 1 aliphatic heterocycles. The van der Waals surface area contributed by atoms with E-state index in [0.717, 1.165) is 16.9 Å². The quantitative estimate of drug-likeness (QED) is 0.394. The number of hydrogen-bond acceptors (Lipinski definition) is 5. The first kappa shape index (κ1) is 25.1. The number of hydrogen-bond donors (Lipinski definition) is 2. The number of nitrogens with zero attached hydrogens (tertiary/aromatic N) is 1. The summed E-state index contributed by atoms with van der Waals surface area (Å²) in [4.78, 5) is 38.4. The fraction of sp³-hybridized carbons (Fsp3) is 0.320. The van der Waals surface area contributed by atoms with Gasteiger partial charge >= 0.3 is 6.03 Å². The number of amides is 4. The smallest absolute Gasteiger partial charge is 0.329 e. The molecule has 1 fully saturated rings. The maximum atomic E-state index is 12.8. The third-order valence-corrected chi connectivity index (χ3v) is 5.38. The normalized spacial score (nSPS) is 15.3. The molecule has 3 rings (SSSR count). The van der Waals surface area contributed by atoms with Crippen molar-refractivity contribution in [2.24, 2.45) is 0 Å². The topological polar surface area (TPSA) is 97.0 Å². The van der Waals surface area contributed by atoms with Crippen molar-refractivity contribution in [3.8, 4) is 11.5 Å². The lowest BCUT2D eigenvalue weighted by atomic mass is 10.1. The second-order valence-corrected chi connectivity index (χ2v) is 8.30. The van der Waals surface area contributed by atoms with Gasteiger partial charge in [0.25, 0.3) is 5.91 Å². The van der Waals surface area contributed by atoms with Crippen LogP contribution >= 0.6 is 11.6 Å². The highest BCUT2D eigenvalue weighted by atomic mass is 35.5. The zero-order chi connectivity index (χ0) is 24.8. The van der Waals surface area contributed by atoms with Crippen LogP contribution in [0.3, 0.4) is 0 Å². The van der Waals surface area contributed by atoms with Crippen LogP contribution in [0.2, 0.25) is 5.02 Å². The van der Waals surface area contributed by atoms with Gasteiger partial charge in [0, 0.05) is 5.69 Å². The minimum atomic E-state index is -0.677. The van der Waals surface area contributed by atoms with Crippen molar-refractivity contribution in [2.45, 2.75) is 40.2 Å². The number of rotatable bonds is 9. The average molecular weight is 486 g/mol. The van der Waals surface area contributed by atoms with Crippen molar-refractivity contribution in [1.29, 1.82) is 0 Å². The van der Waals surface area contributed by atoms with Crippen LogP contribution in [0.15, 0.2) is 42.1 Å². The minimum absolute atomic E-state index is 0.0301. The number of nitrogens with one attached hydrogen (secondary N) is 2. The molecule has 0 aromatic heterocycles. The second kappa shape index (κ2) is 11.1. The van der Waals surface area contributed by atoms with Gasteiger partial charge in [0.1, 0.15) is 12.2 Å². The molecular formula is C25H28ClN3O5. The van der Waals surface area contributed by atoms with E-state index in [9.17, 15) is 14.4 Å². The van der Waals surface area contributed by atoms with Gasteiger partial charge in [-0.2, -0.15) is 0 Å². The van der Waals surface area contributed by atoms with Crippen LogP contribution in [-0.4, -0.2) is 42.0 Å². The molecule has 9 heteroatoms. The number of ether oxygens (including phenoxy) is 2. The third kappa shape index (κ3) is 6.08. The Morgan fingerprint density at radius 2 is 2.00 bits per heavy atom. The van der Waals surface area contributed by atoms with Crippen LogP contribution in [0.25, 0.3) is 6.08 Å². The molecule has 1 aliphatic rings. The van der Waals surface area contributed by atoms with E-state index in [-0.39, 0.29) is 11.8 Å². The van der Waals surface area contributed by atoms with Gasteiger partial charge in [0.2, 0.25) is 5.91 Å². The van der Waals surface area contributed by atoms with Gasteiger partial charge in [0.15, 0.2) is 11.5 Å². The Morgan fingerprint density at radius 3 is 2.68 bits per heavy atom. The van der Waals surface area contributed by atoms with Gasteiger partial charge in [-0.25, -0.2) is 9.69 Å². The fourth-order valence-corrected chi connectivity index (χ4v) is 3.55. The number of carbonyl (C=O) groups is 3. The highest BCUT2D eigenvalue weighted by molar-refractivity contribution is 6.32. The van der Waals surface area contributed by atoms with Crippen LogP contribution in [0, 0.1) is 6.92 Å². The van der Waals surface area contributed by atoms with Gasteiger partial charge in [-0.3, -0.25) is 9.59 Å². The number of anilines is 1. The summed E-state index contributed by atoms with van der Waals surface area (Å²) in [7, 11) is 0. The monoisotopic (exact) mass is 485 g/mol. The fourth-order valence-electron chi connectivity index (χ4n) is 3.28. The molecule has 0 bridgehead atoms. The summed E-state index contributed by atoms with van der Waals surface area (Å²) in [6.45, 7) is 7.65. The summed E-state index contributed by atoms with van der Waals surface area (Å²) in [6.07, 6.45) is 2.22. The van der Waals surface area contributed by atoms with Crippen molar-refractivity contribution in [2.75, 3.05) is 18.5 Å². The molecule has 0 spiro atoms. The van der Waals surface area contributed by atoms with Gasteiger partial charge in [0.05, 0.1) is 17.7 Å². The van der Waals surface area contributed by atoms with Crippen LogP contribution in [0.4, 0.5) is 10.5 Å². The van der Waals surface area contributed by atoms with E-state index in [1.54, 1.807) is 30.3 Å². The van der Waals surface area contributed by atoms with E-state index >= 15 is 0 Å². The highest BCUT2D eigenvalue weighted by Crippen LogP contribution is 2.38. The molecule has 2 aromatic carbocycles. The zero-order valence-electron chi connectivity index (χ0n) is 19.6. The lowest BCUT2D eigenvalue weighted by molar-refractivity contribution is -0.127. The molecule has 2 aromatic rings. The van der Waals surface area contributed by atoms with Crippen molar-refractivity contribution in [3.63, 3.8) is 0 Å². The van der Waals surface area contributed by atoms with E-state index in [1.165, 1.54) is 6.08 Å². The first-order chi connectivity index (χ1) is 16.2. The largest absolute Gasteiger partial charge is 0.490 e. The van der Waals surface area contributed by atoms with Crippen molar-refractivity contribution in [1.82, 2.24) is 10.2 Å². The van der Waals surface area contributed by atoms with E-state index in [0.29, 0.717) is 34.4 Å². The first-order valence-electron chi connectivity index (χ1n) is 11.1. The Labute approximate surface area is 203 Å². The molecule has 1 atom stereocenters. The van der Waals surface area contributed by atoms with Crippen LogP contribution in [0.5, 0.6) is 11.5 Å². The number of halogens is 1. The molecule has 8 nitrogen and oxygen atoms in total. The lowest BCUT2D eigenvalue weighted by Gasteiger charge is -2.18. The van der Waals surface area contributed by atoms with Gasteiger partial charge in [-0.05, 0) is 68.7 Å². The summed E-state index contributed by atoms with van der Waals surface area (Å²) in [6, 6.07) is 9.87. The summed E-state index contributed by atoms with van der Waals surface area (Å²) in [5, 5.41) is 5.52. The Balaban J connectivity index is 1.78. The van der Waals surface area contributed by atoms with Crippen molar-refractivity contribution < 1.29 is 23.9 Å². The third-order valence-electron chi connectivity index (χ3n) is 5.10. The number of urea groups is 1. The van der Waals surface area contributed by atoms with Crippen LogP contribution < -0.4 is 20.1 Å². The standard InChI is InChI=1S/C25H28ClN3O5/c1-5-16(4)34-23-19(26)11-17(13-21(23)33-6-2)12-20-24(31)29(25(32)28-20)14-22(30)27-18-9-7-8-15(3)10-18/h7-13,16H,5-6,14H2,1-4H3,(H,27,30)(H,28,32)/b20-12+/t16-/m0/s1. The molecule has 0 saturated carbocycles. The minimum Gasteiger partial charge on any atom is -0.490 e. The molecule has 0 aliphatic carbocycles. The lowest BCUT2D eigenvalue weighted by Crippen LogP contribution is -2.38. The van der Waals surface area contributed by atoms with E-state index in [1.807, 2.05) is 33.8 Å². The Morgan fingerprint density at radius 1 is 1.24 bits per heavy atom.